The lowest BCUT2D eigenvalue weighted by atomic mass is 9.89. The zero-order chi connectivity index (χ0) is 13.8. The van der Waals surface area contributed by atoms with Crippen LogP contribution in [0.5, 0.6) is 0 Å². The van der Waals surface area contributed by atoms with Gasteiger partial charge in [0.05, 0.1) is 12.3 Å². The van der Waals surface area contributed by atoms with Crippen molar-refractivity contribution in [3.8, 4) is 17.9 Å². The molecule has 1 rings (SSSR count). The SMILES string of the molecule is CC#C[C@@]1(C)N=CC(N[C@@H](C)CO)=C(C#N)C1=O. The molecule has 2 N–H and O–H groups in total. The highest BCUT2D eigenvalue weighted by Crippen LogP contribution is 2.21. The van der Waals surface area contributed by atoms with Crippen molar-refractivity contribution in [1.82, 2.24) is 5.32 Å². The maximum atomic E-state index is 12.1. The van der Waals surface area contributed by atoms with E-state index in [0.717, 1.165) is 0 Å². The molecular weight excluding hydrogens is 230 g/mol. The fraction of sp³-hybridized carbons (Fsp3) is 0.462. The number of rotatable bonds is 3. The van der Waals surface area contributed by atoms with Crippen LogP contribution >= 0.6 is 0 Å². The number of aliphatic hydroxyl groups excluding tert-OH is 1. The number of nitrogens with one attached hydrogen (secondary N) is 1. The molecule has 1 aliphatic heterocycles. The fourth-order valence-corrected chi connectivity index (χ4v) is 1.55. The lowest BCUT2D eigenvalue weighted by Gasteiger charge is -2.24. The molecule has 0 spiro atoms. The molecule has 18 heavy (non-hydrogen) atoms. The van der Waals surface area contributed by atoms with E-state index in [0.29, 0.717) is 5.70 Å². The number of nitriles is 1. The Hall–Kier alpha value is -2.11. The van der Waals surface area contributed by atoms with Gasteiger partial charge in [0.15, 0.2) is 5.54 Å². The zero-order valence-corrected chi connectivity index (χ0v) is 10.6. The Morgan fingerprint density at radius 1 is 1.67 bits per heavy atom. The predicted octanol–water partition coefficient (Wildman–Crippen LogP) is 0.170. The van der Waals surface area contributed by atoms with Gasteiger partial charge in [-0.1, -0.05) is 5.92 Å². The smallest absolute Gasteiger partial charge is 0.214 e. The summed E-state index contributed by atoms with van der Waals surface area (Å²) < 4.78 is 0. The van der Waals surface area contributed by atoms with Gasteiger partial charge >= 0.3 is 0 Å². The summed E-state index contributed by atoms with van der Waals surface area (Å²) in [6.07, 6.45) is 1.43. The Balaban J connectivity index is 3.15. The van der Waals surface area contributed by atoms with E-state index in [-0.39, 0.29) is 18.2 Å². The monoisotopic (exact) mass is 245 g/mol. The first-order valence-electron chi connectivity index (χ1n) is 5.54. The standard InChI is InChI=1S/C13H15N3O2/c1-4-5-13(3)12(18)10(6-14)11(7-15-13)16-9(2)8-17/h7,9,16-17H,8H2,1-3H3/t9-,13+/m0/s1. The number of aliphatic hydroxyl groups is 1. The van der Waals surface area contributed by atoms with E-state index in [4.69, 9.17) is 10.4 Å². The van der Waals surface area contributed by atoms with Gasteiger partial charge in [0.2, 0.25) is 5.78 Å². The van der Waals surface area contributed by atoms with Crippen LogP contribution in [0.4, 0.5) is 0 Å². The summed E-state index contributed by atoms with van der Waals surface area (Å²) in [5.74, 6) is 4.92. The van der Waals surface area contributed by atoms with Crippen LogP contribution in [-0.4, -0.2) is 35.3 Å². The second kappa shape index (κ2) is 5.48. The first-order chi connectivity index (χ1) is 8.48. The maximum Gasteiger partial charge on any atom is 0.214 e. The van der Waals surface area contributed by atoms with Crippen LogP contribution in [0.1, 0.15) is 20.8 Å². The second-order valence-corrected chi connectivity index (χ2v) is 4.16. The molecule has 5 heteroatoms. The number of carbonyl (C=O) groups excluding carboxylic acids is 1. The molecule has 0 saturated heterocycles. The van der Waals surface area contributed by atoms with Crippen molar-refractivity contribution in [3.63, 3.8) is 0 Å². The summed E-state index contributed by atoms with van der Waals surface area (Å²) in [5, 5.41) is 20.9. The van der Waals surface area contributed by atoms with Gasteiger partial charge in [-0.15, -0.1) is 5.92 Å². The highest BCUT2D eigenvalue weighted by Gasteiger charge is 2.37. The average molecular weight is 245 g/mol. The van der Waals surface area contributed by atoms with Crippen LogP contribution in [0.3, 0.4) is 0 Å². The number of ketones is 1. The van der Waals surface area contributed by atoms with Crippen molar-refractivity contribution in [2.45, 2.75) is 32.4 Å². The van der Waals surface area contributed by atoms with Gasteiger partial charge in [-0.2, -0.15) is 5.26 Å². The lowest BCUT2D eigenvalue weighted by Crippen LogP contribution is -2.40. The van der Waals surface area contributed by atoms with E-state index in [1.165, 1.54) is 6.21 Å². The molecule has 0 aromatic carbocycles. The van der Waals surface area contributed by atoms with Crippen LogP contribution in [0.2, 0.25) is 0 Å². The molecule has 0 radical (unpaired) electrons. The number of nitrogens with zero attached hydrogens (tertiary/aromatic N) is 2. The Labute approximate surface area is 106 Å². The largest absolute Gasteiger partial charge is 0.394 e. The molecule has 2 atom stereocenters. The maximum absolute atomic E-state index is 12.1. The van der Waals surface area contributed by atoms with E-state index in [9.17, 15) is 4.79 Å². The van der Waals surface area contributed by atoms with E-state index in [2.05, 4.69) is 22.2 Å². The number of dihydropyridines is 1. The number of hydrogen-bond acceptors (Lipinski definition) is 5. The molecule has 0 aromatic heterocycles. The summed E-state index contributed by atoms with van der Waals surface area (Å²) in [7, 11) is 0. The van der Waals surface area contributed by atoms with Gasteiger partial charge in [0.1, 0.15) is 11.6 Å². The molecular formula is C13H15N3O2. The quantitative estimate of drug-likeness (QED) is 0.694. The topological polar surface area (TPSA) is 85.5 Å². The molecule has 94 valence electrons. The Morgan fingerprint density at radius 3 is 2.83 bits per heavy atom. The van der Waals surface area contributed by atoms with E-state index >= 15 is 0 Å². The van der Waals surface area contributed by atoms with Gasteiger partial charge < -0.3 is 10.4 Å². The van der Waals surface area contributed by atoms with E-state index in [1.807, 2.05) is 6.07 Å². The number of Topliss-reactive ketones (excluding diaryl/α,β-unsaturated/α-hetero) is 1. The number of hydrogen-bond donors (Lipinski definition) is 2. The molecule has 0 fully saturated rings. The molecule has 0 amide bonds. The van der Waals surface area contributed by atoms with Crippen molar-refractivity contribution in [2.75, 3.05) is 6.61 Å². The van der Waals surface area contributed by atoms with Gasteiger partial charge in [-0.05, 0) is 20.8 Å². The molecule has 0 bridgehead atoms. The molecule has 0 aliphatic carbocycles. The molecule has 0 saturated carbocycles. The summed E-state index contributed by atoms with van der Waals surface area (Å²) in [6, 6.07) is 1.61. The summed E-state index contributed by atoms with van der Waals surface area (Å²) in [6.45, 7) is 4.83. The van der Waals surface area contributed by atoms with Crippen LogP contribution in [0, 0.1) is 23.2 Å². The van der Waals surface area contributed by atoms with Crippen LogP contribution in [0.15, 0.2) is 16.3 Å². The van der Waals surface area contributed by atoms with Crippen molar-refractivity contribution >= 4 is 12.0 Å². The van der Waals surface area contributed by atoms with Gasteiger partial charge in [0, 0.05) is 12.3 Å². The average Bonchev–Trinajstić information content (AvgIpc) is 2.35. The van der Waals surface area contributed by atoms with Crippen LogP contribution < -0.4 is 5.32 Å². The fourth-order valence-electron chi connectivity index (χ4n) is 1.55. The molecule has 0 aromatic rings. The minimum Gasteiger partial charge on any atom is -0.394 e. The number of carbonyl (C=O) groups is 1. The van der Waals surface area contributed by atoms with Gasteiger partial charge in [-0.25, -0.2) is 0 Å². The normalized spacial score (nSPS) is 24.1. The van der Waals surface area contributed by atoms with Gasteiger partial charge in [-0.3, -0.25) is 9.79 Å². The lowest BCUT2D eigenvalue weighted by molar-refractivity contribution is -0.117. The molecule has 0 unspecified atom stereocenters. The molecule has 5 nitrogen and oxygen atoms in total. The first-order valence-corrected chi connectivity index (χ1v) is 5.54. The molecule has 1 heterocycles. The second-order valence-electron chi connectivity index (χ2n) is 4.16. The Kier molecular flexibility index (Phi) is 4.25. The minimum absolute atomic E-state index is 0.00412. The third kappa shape index (κ3) is 2.58. The third-order valence-corrected chi connectivity index (χ3v) is 2.55. The Morgan fingerprint density at radius 2 is 2.33 bits per heavy atom. The minimum atomic E-state index is -1.19. The number of allylic oxidation sites excluding steroid dienone is 1. The van der Waals surface area contributed by atoms with Crippen LogP contribution in [-0.2, 0) is 4.79 Å². The van der Waals surface area contributed by atoms with E-state index < -0.39 is 11.3 Å². The number of aliphatic imine (C=N–C) groups is 1. The van der Waals surface area contributed by atoms with Gasteiger partial charge in [0.25, 0.3) is 0 Å². The zero-order valence-electron chi connectivity index (χ0n) is 10.6. The molecule has 1 aliphatic rings. The Bertz CT molecular complexity index is 517. The van der Waals surface area contributed by atoms with Crippen molar-refractivity contribution in [3.05, 3.63) is 11.3 Å². The first kappa shape index (κ1) is 14.0. The highest BCUT2D eigenvalue weighted by molar-refractivity contribution is 6.14. The summed E-state index contributed by atoms with van der Waals surface area (Å²) in [4.78, 5) is 16.2. The predicted molar refractivity (Wildman–Crippen MR) is 67.7 cm³/mol. The van der Waals surface area contributed by atoms with Crippen LogP contribution in [0.25, 0.3) is 0 Å². The highest BCUT2D eigenvalue weighted by atomic mass is 16.3. The van der Waals surface area contributed by atoms with Crippen molar-refractivity contribution in [1.29, 1.82) is 5.26 Å². The third-order valence-electron chi connectivity index (χ3n) is 2.55. The van der Waals surface area contributed by atoms with E-state index in [1.54, 1.807) is 20.8 Å². The summed E-state index contributed by atoms with van der Waals surface area (Å²) in [5.41, 5.74) is -0.858. The van der Waals surface area contributed by atoms with Crippen molar-refractivity contribution in [2.24, 2.45) is 4.99 Å². The summed E-state index contributed by atoms with van der Waals surface area (Å²) >= 11 is 0. The van der Waals surface area contributed by atoms with Crippen molar-refractivity contribution < 1.29 is 9.90 Å².